The summed E-state index contributed by atoms with van der Waals surface area (Å²) >= 11 is 6.09. The fraction of sp³-hybridized carbons (Fsp3) is 0.261. The molecule has 1 amide bonds. The molecule has 1 heterocycles. The Morgan fingerprint density at radius 1 is 1.23 bits per heavy atom. The van der Waals surface area contributed by atoms with Crippen LogP contribution in [0.3, 0.4) is 0 Å². The van der Waals surface area contributed by atoms with E-state index in [2.05, 4.69) is 16.5 Å². The van der Waals surface area contributed by atoms with E-state index < -0.39 is 5.41 Å². The molecule has 1 fully saturated rings. The highest BCUT2D eigenvalue weighted by atomic mass is 35.5. The second-order valence-electron chi connectivity index (χ2n) is 7.52. The van der Waals surface area contributed by atoms with Crippen LogP contribution in [0, 0.1) is 11.3 Å². The van der Waals surface area contributed by atoms with Gasteiger partial charge in [-0.25, -0.2) is 4.68 Å². The molecule has 0 atom stereocenters. The first-order chi connectivity index (χ1) is 14.5. The monoisotopic (exact) mass is 419 g/mol. The van der Waals surface area contributed by atoms with Gasteiger partial charge in [0.25, 0.3) is 0 Å². The molecule has 1 aliphatic rings. The molecule has 0 spiro atoms. The Labute approximate surface area is 180 Å². The van der Waals surface area contributed by atoms with Gasteiger partial charge >= 0.3 is 0 Å². The molecule has 1 saturated carbocycles. The molecular formula is C23H22ClN5O. The van der Waals surface area contributed by atoms with Crippen molar-refractivity contribution in [2.24, 2.45) is 0 Å². The highest BCUT2D eigenvalue weighted by Gasteiger charge is 2.51. The molecule has 1 aliphatic carbocycles. The number of aryl methyl sites for hydroxylation is 1. The van der Waals surface area contributed by atoms with Crippen LogP contribution in [0.1, 0.15) is 36.1 Å². The maximum Gasteiger partial charge on any atom is 0.230 e. The topological polar surface area (TPSA) is 96.7 Å². The minimum atomic E-state index is -0.456. The molecule has 0 unspecified atom stereocenters. The Morgan fingerprint density at radius 3 is 2.67 bits per heavy atom. The number of halogens is 1. The minimum Gasteiger partial charge on any atom is -0.382 e. The zero-order valence-corrected chi connectivity index (χ0v) is 17.2. The summed E-state index contributed by atoms with van der Waals surface area (Å²) in [5.41, 5.74) is 8.49. The fourth-order valence-electron chi connectivity index (χ4n) is 3.73. The zero-order chi connectivity index (χ0) is 21.1. The third kappa shape index (κ3) is 3.77. The van der Waals surface area contributed by atoms with Gasteiger partial charge in [0.1, 0.15) is 17.5 Å². The molecule has 1 aromatic heterocycles. The summed E-state index contributed by atoms with van der Waals surface area (Å²) in [4.78, 5) is 12.8. The lowest BCUT2D eigenvalue weighted by molar-refractivity contribution is -0.123. The summed E-state index contributed by atoms with van der Waals surface area (Å²) in [6.45, 7) is 0.504. The second-order valence-corrected chi connectivity index (χ2v) is 7.95. The van der Waals surface area contributed by atoms with Crippen molar-refractivity contribution in [2.75, 3.05) is 12.3 Å². The van der Waals surface area contributed by atoms with E-state index >= 15 is 0 Å². The molecule has 6 nitrogen and oxygen atoms in total. The number of anilines is 1. The number of hydrogen-bond donors (Lipinski definition) is 2. The number of carbonyl (C=O) groups excluding carboxylic acids is 1. The van der Waals surface area contributed by atoms with Gasteiger partial charge < -0.3 is 11.1 Å². The van der Waals surface area contributed by atoms with Crippen LogP contribution in [0.4, 0.5) is 5.82 Å². The average molecular weight is 420 g/mol. The van der Waals surface area contributed by atoms with Gasteiger partial charge in [-0.2, -0.15) is 10.4 Å². The Kier molecular flexibility index (Phi) is 5.47. The van der Waals surface area contributed by atoms with E-state index in [1.807, 2.05) is 54.6 Å². The highest BCUT2D eigenvalue weighted by Crippen LogP contribution is 2.48. The predicted molar refractivity (Wildman–Crippen MR) is 116 cm³/mol. The standard InChI is InChI=1S/C23H22ClN5O/c24-17-7-4-6-16(14-17)23(11-12-23)22(30)27-13-5-10-20-19(15-25)21(26)29(28-20)18-8-2-1-3-9-18/h1-4,6-9,14H,5,10-13,26H2,(H,27,30). The maximum atomic E-state index is 12.8. The molecule has 4 rings (SSSR count). The number of rotatable bonds is 7. The van der Waals surface area contributed by atoms with Crippen molar-refractivity contribution >= 4 is 23.3 Å². The van der Waals surface area contributed by atoms with Crippen LogP contribution in [0.25, 0.3) is 5.69 Å². The Morgan fingerprint density at radius 2 is 2.00 bits per heavy atom. The number of carbonyl (C=O) groups is 1. The van der Waals surface area contributed by atoms with Gasteiger partial charge in [0, 0.05) is 11.6 Å². The molecule has 30 heavy (non-hydrogen) atoms. The molecular weight excluding hydrogens is 398 g/mol. The Bertz CT molecular complexity index is 1110. The fourth-order valence-corrected chi connectivity index (χ4v) is 3.92. The number of hydrogen-bond acceptors (Lipinski definition) is 4. The SMILES string of the molecule is N#Cc1c(CCCNC(=O)C2(c3cccc(Cl)c3)CC2)nn(-c2ccccc2)c1N. The lowest BCUT2D eigenvalue weighted by Crippen LogP contribution is -2.35. The van der Waals surface area contributed by atoms with E-state index in [0.29, 0.717) is 41.5 Å². The average Bonchev–Trinajstić information content (AvgIpc) is 3.51. The first kappa shape index (κ1) is 20.0. The van der Waals surface area contributed by atoms with E-state index in [9.17, 15) is 10.1 Å². The summed E-state index contributed by atoms with van der Waals surface area (Å²) in [6.07, 6.45) is 2.88. The van der Waals surface area contributed by atoms with E-state index in [0.717, 1.165) is 24.1 Å². The van der Waals surface area contributed by atoms with Gasteiger partial charge in [-0.3, -0.25) is 4.79 Å². The number of nitrogens with two attached hydrogens (primary N) is 1. The van der Waals surface area contributed by atoms with E-state index in [4.69, 9.17) is 17.3 Å². The molecule has 3 aromatic rings. The van der Waals surface area contributed by atoms with Crippen LogP contribution in [0.15, 0.2) is 54.6 Å². The largest absolute Gasteiger partial charge is 0.382 e. The first-order valence-electron chi connectivity index (χ1n) is 9.92. The number of amides is 1. The normalized spacial score (nSPS) is 14.1. The number of aromatic nitrogens is 2. The van der Waals surface area contributed by atoms with Gasteiger partial charge in [-0.05, 0) is 55.5 Å². The van der Waals surface area contributed by atoms with E-state index in [-0.39, 0.29) is 5.91 Å². The quantitative estimate of drug-likeness (QED) is 0.570. The maximum absolute atomic E-state index is 12.8. The van der Waals surface area contributed by atoms with Crippen molar-refractivity contribution in [3.05, 3.63) is 76.4 Å². The lowest BCUT2D eigenvalue weighted by atomic mass is 9.95. The van der Waals surface area contributed by atoms with Crippen LogP contribution in [-0.4, -0.2) is 22.2 Å². The molecule has 0 radical (unpaired) electrons. The van der Waals surface area contributed by atoms with Crippen molar-refractivity contribution in [3.8, 4) is 11.8 Å². The number of nitrogens with zero attached hydrogens (tertiary/aromatic N) is 3. The number of nitriles is 1. The minimum absolute atomic E-state index is 0.0274. The second kappa shape index (κ2) is 8.21. The number of nitrogen functional groups attached to an aromatic ring is 1. The van der Waals surface area contributed by atoms with Crippen molar-refractivity contribution in [3.63, 3.8) is 0 Å². The van der Waals surface area contributed by atoms with Crippen LogP contribution in [0.5, 0.6) is 0 Å². The van der Waals surface area contributed by atoms with Gasteiger partial charge in [-0.15, -0.1) is 0 Å². The molecule has 152 valence electrons. The summed E-state index contributed by atoms with van der Waals surface area (Å²) in [5.74, 6) is 0.361. The van der Waals surface area contributed by atoms with Crippen LogP contribution >= 0.6 is 11.6 Å². The van der Waals surface area contributed by atoms with Crippen LogP contribution in [0.2, 0.25) is 5.02 Å². The summed E-state index contributed by atoms with van der Waals surface area (Å²) in [7, 11) is 0. The van der Waals surface area contributed by atoms with Crippen LogP contribution in [-0.2, 0) is 16.6 Å². The number of benzene rings is 2. The summed E-state index contributed by atoms with van der Waals surface area (Å²) in [6, 6.07) is 19.1. The lowest BCUT2D eigenvalue weighted by Gasteiger charge is -2.16. The first-order valence-corrected chi connectivity index (χ1v) is 10.3. The van der Waals surface area contributed by atoms with Gasteiger partial charge in [0.15, 0.2) is 0 Å². The number of para-hydroxylation sites is 1. The molecule has 7 heteroatoms. The van der Waals surface area contributed by atoms with Gasteiger partial charge in [-0.1, -0.05) is 41.9 Å². The summed E-state index contributed by atoms with van der Waals surface area (Å²) < 4.78 is 1.59. The molecule has 0 aliphatic heterocycles. The van der Waals surface area contributed by atoms with E-state index in [1.54, 1.807) is 4.68 Å². The third-order valence-corrected chi connectivity index (χ3v) is 5.78. The Hall–Kier alpha value is -3.30. The van der Waals surface area contributed by atoms with Crippen molar-refractivity contribution in [1.82, 2.24) is 15.1 Å². The summed E-state index contributed by atoms with van der Waals surface area (Å²) in [5, 5.41) is 17.7. The van der Waals surface area contributed by atoms with Crippen molar-refractivity contribution < 1.29 is 4.79 Å². The van der Waals surface area contributed by atoms with Crippen LogP contribution < -0.4 is 11.1 Å². The van der Waals surface area contributed by atoms with Crippen molar-refractivity contribution in [2.45, 2.75) is 31.1 Å². The smallest absolute Gasteiger partial charge is 0.230 e. The zero-order valence-electron chi connectivity index (χ0n) is 16.4. The third-order valence-electron chi connectivity index (χ3n) is 5.54. The Balaban J connectivity index is 1.38. The van der Waals surface area contributed by atoms with Gasteiger partial charge in [0.2, 0.25) is 5.91 Å². The molecule has 0 saturated heterocycles. The number of nitrogens with one attached hydrogen (secondary N) is 1. The molecule has 2 aromatic carbocycles. The van der Waals surface area contributed by atoms with Crippen molar-refractivity contribution in [1.29, 1.82) is 5.26 Å². The molecule has 0 bridgehead atoms. The molecule has 3 N–H and O–H groups in total. The predicted octanol–water partition coefficient (Wildman–Crippen LogP) is 3.76. The van der Waals surface area contributed by atoms with Gasteiger partial charge in [0.05, 0.1) is 16.8 Å². The highest BCUT2D eigenvalue weighted by molar-refractivity contribution is 6.30. The van der Waals surface area contributed by atoms with E-state index in [1.165, 1.54) is 0 Å².